The molecule has 0 aliphatic heterocycles. The van der Waals surface area contributed by atoms with Crippen LogP contribution < -0.4 is 0 Å². The number of carbonyl (C=O) groups is 2. The SMILES string of the molecule is CCCCC/C=C\C=C/[C@@H](O)C/C=C\C/C=C/CCCC(=O)OC[C@H](CO)OC(=O)CCCCCCCCCCCCCCCCCCCCC(C)CC. The predicted molar refractivity (Wildman–Crippen MR) is 230 cm³/mol. The molecule has 0 radical (unpaired) electrons. The molecule has 0 rings (SSSR count). The van der Waals surface area contributed by atoms with Crippen LogP contribution in [0.3, 0.4) is 0 Å². The van der Waals surface area contributed by atoms with Crippen LogP contribution in [0.15, 0.2) is 48.6 Å². The lowest BCUT2D eigenvalue weighted by Crippen LogP contribution is -2.28. The lowest BCUT2D eigenvalue weighted by molar-refractivity contribution is -0.161. The maximum atomic E-state index is 12.2. The van der Waals surface area contributed by atoms with Crippen molar-refractivity contribution in [1.82, 2.24) is 0 Å². The van der Waals surface area contributed by atoms with Crippen molar-refractivity contribution in [3.63, 3.8) is 0 Å². The number of esters is 2. The smallest absolute Gasteiger partial charge is 0.306 e. The van der Waals surface area contributed by atoms with Crippen molar-refractivity contribution in [3.05, 3.63) is 48.6 Å². The van der Waals surface area contributed by atoms with E-state index in [0.717, 1.165) is 44.4 Å². The summed E-state index contributed by atoms with van der Waals surface area (Å²) >= 11 is 0. The van der Waals surface area contributed by atoms with Crippen LogP contribution in [0.5, 0.6) is 0 Å². The van der Waals surface area contributed by atoms with Crippen molar-refractivity contribution >= 4 is 11.9 Å². The monoisotopic (exact) mass is 759 g/mol. The third-order valence-electron chi connectivity index (χ3n) is 10.2. The molecule has 2 N–H and O–H groups in total. The fraction of sp³-hybridized carbons (Fsp3) is 0.792. The normalized spacial score (nSPS) is 13.8. The quantitative estimate of drug-likeness (QED) is 0.0280. The molecule has 1 unspecified atom stereocenters. The van der Waals surface area contributed by atoms with Gasteiger partial charge in [-0.2, -0.15) is 0 Å². The number of aliphatic hydroxyl groups is 2. The number of aliphatic hydroxyl groups excluding tert-OH is 2. The fourth-order valence-corrected chi connectivity index (χ4v) is 6.37. The summed E-state index contributed by atoms with van der Waals surface area (Å²) in [4.78, 5) is 24.3. The van der Waals surface area contributed by atoms with Crippen LogP contribution >= 0.6 is 0 Å². The van der Waals surface area contributed by atoms with Gasteiger partial charge in [0.1, 0.15) is 6.61 Å². The van der Waals surface area contributed by atoms with E-state index in [1.54, 1.807) is 0 Å². The highest BCUT2D eigenvalue weighted by molar-refractivity contribution is 5.70. The van der Waals surface area contributed by atoms with Crippen LogP contribution in [0, 0.1) is 5.92 Å². The van der Waals surface area contributed by atoms with Gasteiger partial charge in [-0.25, -0.2) is 0 Å². The van der Waals surface area contributed by atoms with Crippen LogP contribution in [-0.2, 0) is 19.1 Å². The van der Waals surface area contributed by atoms with Crippen LogP contribution in [0.2, 0.25) is 0 Å². The molecule has 6 heteroatoms. The Balaban J connectivity index is 3.63. The van der Waals surface area contributed by atoms with E-state index in [1.165, 1.54) is 128 Å². The van der Waals surface area contributed by atoms with Crippen molar-refractivity contribution < 1.29 is 29.3 Å². The largest absolute Gasteiger partial charge is 0.462 e. The van der Waals surface area contributed by atoms with E-state index in [0.29, 0.717) is 19.3 Å². The van der Waals surface area contributed by atoms with E-state index in [2.05, 4.69) is 26.8 Å². The first kappa shape index (κ1) is 51.8. The number of carbonyl (C=O) groups excluding carboxylic acids is 2. The molecule has 3 atom stereocenters. The van der Waals surface area contributed by atoms with Gasteiger partial charge < -0.3 is 19.7 Å². The maximum Gasteiger partial charge on any atom is 0.306 e. The lowest BCUT2D eigenvalue weighted by atomic mass is 9.99. The first-order valence-electron chi connectivity index (χ1n) is 22.7. The standard InChI is InChI=1S/C48H86O6/c1-4-6-7-8-22-28-33-38-45(50)39-34-29-24-21-26-30-35-40-47(51)53-43-46(42-49)54-48(52)41-36-31-25-20-18-16-14-12-10-9-11-13-15-17-19-23-27-32-37-44(3)5-2/h21-22,26,28-29,33-34,38,44-46,49-50H,4-20,23-25,27,30-32,35-37,39-43H2,1-3H3/b26-21+,28-22-,34-29-,38-33-/t44?,45-,46+/m1/s1. The second kappa shape index (κ2) is 42.0. The molecule has 0 heterocycles. The number of allylic oxidation sites excluding steroid dienone is 6. The molecule has 0 aromatic rings. The molecule has 0 saturated carbocycles. The minimum atomic E-state index is -0.812. The van der Waals surface area contributed by atoms with Crippen molar-refractivity contribution in [2.45, 2.75) is 226 Å². The number of ether oxygens (including phenoxy) is 2. The Bertz CT molecular complexity index is 937. The van der Waals surface area contributed by atoms with Gasteiger partial charge in [0.25, 0.3) is 0 Å². The minimum absolute atomic E-state index is 0.114. The van der Waals surface area contributed by atoms with E-state index < -0.39 is 12.2 Å². The van der Waals surface area contributed by atoms with Crippen LogP contribution in [0.4, 0.5) is 0 Å². The van der Waals surface area contributed by atoms with E-state index in [-0.39, 0.29) is 31.6 Å². The molecule has 0 aromatic carbocycles. The fourth-order valence-electron chi connectivity index (χ4n) is 6.37. The third-order valence-corrected chi connectivity index (χ3v) is 10.2. The van der Waals surface area contributed by atoms with E-state index in [9.17, 15) is 19.8 Å². The minimum Gasteiger partial charge on any atom is -0.462 e. The van der Waals surface area contributed by atoms with E-state index >= 15 is 0 Å². The van der Waals surface area contributed by atoms with Gasteiger partial charge in [-0.1, -0.05) is 204 Å². The van der Waals surface area contributed by atoms with Crippen LogP contribution in [0.1, 0.15) is 213 Å². The molecule has 6 nitrogen and oxygen atoms in total. The summed E-state index contributed by atoms with van der Waals surface area (Å²) in [7, 11) is 0. The molecule has 0 saturated heterocycles. The highest BCUT2D eigenvalue weighted by Gasteiger charge is 2.16. The summed E-state index contributed by atoms with van der Waals surface area (Å²) in [6.45, 7) is 6.40. The Morgan fingerprint density at radius 3 is 1.70 bits per heavy atom. The summed E-state index contributed by atoms with van der Waals surface area (Å²) < 4.78 is 10.6. The van der Waals surface area contributed by atoms with Gasteiger partial charge in [-0.15, -0.1) is 0 Å². The average Bonchev–Trinajstić information content (AvgIpc) is 3.17. The van der Waals surface area contributed by atoms with Gasteiger partial charge >= 0.3 is 11.9 Å². The summed E-state index contributed by atoms with van der Waals surface area (Å²) in [6, 6.07) is 0. The second-order valence-electron chi connectivity index (χ2n) is 15.6. The highest BCUT2D eigenvalue weighted by Crippen LogP contribution is 2.17. The Labute approximate surface area is 333 Å². The molecule has 0 aliphatic rings. The third kappa shape index (κ3) is 39.5. The van der Waals surface area contributed by atoms with Crippen molar-refractivity contribution in [1.29, 1.82) is 0 Å². The molecule has 0 aliphatic carbocycles. The summed E-state index contributed by atoms with van der Waals surface area (Å²) in [5.74, 6) is 0.217. The zero-order valence-electron chi connectivity index (χ0n) is 35.5. The first-order chi connectivity index (χ1) is 26.4. The number of hydrogen-bond donors (Lipinski definition) is 2. The van der Waals surface area contributed by atoms with Gasteiger partial charge in [-0.3, -0.25) is 9.59 Å². The van der Waals surface area contributed by atoms with Crippen LogP contribution in [-0.4, -0.2) is 47.6 Å². The van der Waals surface area contributed by atoms with E-state index in [1.807, 2.05) is 42.5 Å². The Hall–Kier alpha value is -2.18. The van der Waals surface area contributed by atoms with Gasteiger partial charge in [0.2, 0.25) is 0 Å². The molecule has 0 bridgehead atoms. The van der Waals surface area contributed by atoms with Gasteiger partial charge in [0, 0.05) is 12.8 Å². The lowest BCUT2D eigenvalue weighted by Gasteiger charge is -2.15. The summed E-state index contributed by atoms with van der Waals surface area (Å²) in [5, 5.41) is 19.6. The topological polar surface area (TPSA) is 93.1 Å². The van der Waals surface area contributed by atoms with Gasteiger partial charge in [-0.05, 0) is 50.9 Å². The Kier molecular flexibility index (Phi) is 40.3. The molecule has 0 fully saturated rings. The average molecular weight is 759 g/mol. The van der Waals surface area contributed by atoms with Crippen LogP contribution in [0.25, 0.3) is 0 Å². The predicted octanol–water partition coefficient (Wildman–Crippen LogP) is 13.4. The number of rotatable bonds is 40. The molecular weight excluding hydrogens is 673 g/mol. The van der Waals surface area contributed by atoms with E-state index in [4.69, 9.17) is 9.47 Å². The van der Waals surface area contributed by atoms with Gasteiger partial charge in [0.15, 0.2) is 6.10 Å². The Morgan fingerprint density at radius 1 is 0.593 bits per heavy atom. The maximum absolute atomic E-state index is 12.2. The summed E-state index contributed by atoms with van der Waals surface area (Å²) in [6.07, 6.45) is 49.2. The molecule has 314 valence electrons. The zero-order valence-corrected chi connectivity index (χ0v) is 35.5. The molecule has 0 spiro atoms. The zero-order chi connectivity index (χ0) is 39.6. The highest BCUT2D eigenvalue weighted by atomic mass is 16.6. The molecular formula is C48H86O6. The number of hydrogen-bond acceptors (Lipinski definition) is 6. The van der Waals surface area contributed by atoms with Gasteiger partial charge in [0.05, 0.1) is 12.7 Å². The second-order valence-corrected chi connectivity index (χ2v) is 15.6. The first-order valence-corrected chi connectivity index (χ1v) is 22.7. The van der Waals surface area contributed by atoms with Crippen molar-refractivity contribution in [3.8, 4) is 0 Å². The molecule has 0 amide bonds. The Morgan fingerprint density at radius 2 is 1.13 bits per heavy atom. The molecule has 0 aromatic heterocycles. The number of unbranched alkanes of at least 4 members (excludes halogenated alkanes) is 21. The van der Waals surface area contributed by atoms with Crippen molar-refractivity contribution in [2.24, 2.45) is 5.92 Å². The van der Waals surface area contributed by atoms with Crippen molar-refractivity contribution in [2.75, 3.05) is 13.2 Å². The summed E-state index contributed by atoms with van der Waals surface area (Å²) in [5.41, 5.74) is 0. The molecule has 54 heavy (non-hydrogen) atoms.